The van der Waals surface area contributed by atoms with Crippen LogP contribution in [0.15, 0.2) is 91.0 Å². The highest BCUT2D eigenvalue weighted by Gasteiger charge is 2.59. The zero-order valence-electron chi connectivity index (χ0n) is 20.3. The van der Waals surface area contributed by atoms with Crippen molar-refractivity contribution >= 4 is 35.1 Å². The van der Waals surface area contributed by atoms with E-state index in [0.717, 1.165) is 6.42 Å². The number of ether oxygens (including phenoxy) is 2. The molecule has 8 nitrogen and oxygen atoms in total. The summed E-state index contributed by atoms with van der Waals surface area (Å²) >= 11 is 0. The summed E-state index contributed by atoms with van der Waals surface area (Å²) in [7, 11) is 0. The molecule has 190 valence electrons. The molecular weight excluding hydrogens is 484 g/mol. The lowest BCUT2D eigenvalue weighted by Crippen LogP contribution is -2.33. The van der Waals surface area contributed by atoms with E-state index in [1.165, 1.54) is 17.0 Å². The Bertz CT molecular complexity index is 1420. The number of amides is 3. The number of imide groups is 1. The van der Waals surface area contributed by atoms with Gasteiger partial charge in [-0.3, -0.25) is 14.4 Å². The Hall–Kier alpha value is -4.72. The number of nitrogens with zero attached hydrogens (tertiary/aromatic N) is 1. The zero-order valence-corrected chi connectivity index (χ0v) is 20.3. The van der Waals surface area contributed by atoms with Crippen LogP contribution in [-0.4, -0.2) is 30.3 Å². The number of hydrogen-bond donors (Lipinski definition) is 1. The molecule has 1 heterocycles. The summed E-state index contributed by atoms with van der Waals surface area (Å²) in [5.41, 5.74) is 1.01. The SMILES string of the molecule is O=C(COC(=O)c1cccc(N2C(=O)[C@@H]3[C@@H](C2=O)[C@H]2C=C[C@H]3C2)c1)Nc1ccc(Oc2ccccc2)cc1. The van der Waals surface area contributed by atoms with Gasteiger partial charge in [-0.1, -0.05) is 36.4 Å². The normalized spacial score (nSPS) is 22.9. The minimum absolute atomic E-state index is 0.103. The number of nitrogens with one attached hydrogen (secondary N) is 1. The van der Waals surface area contributed by atoms with Crippen LogP contribution in [0.3, 0.4) is 0 Å². The lowest BCUT2D eigenvalue weighted by molar-refractivity contribution is -0.123. The Balaban J connectivity index is 1.05. The molecule has 1 aliphatic heterocycles. The Morgan fingerprint density at radius 1 is 0.816 bits per heavy atom. The van der Waals surface area contributed by atoms with Crippen LogP contribution in [0.1, 0.15) is 16.8 Å². The minimum Gasteiger partial charge on any atom is -0.457 e. The third-order valence-corrected chi connectivity index (χ3v) is 7.26. The fraction of sp³-hybridized carbons (Fsp3) is 0.200. The van der Waals surface area contributed by atoms with Gasteiger partial charge in [-0.2, -0.15) is 0 Å². The molecule has 1 saturated heterocycles. The van der Waals surface area contributed by atoms with E-state index in [-0.39, 0.29) is 41.0 Å². The topological polar surface area (TPSA) is 102 Å². The van der Waals surface area contributed by atoms with Crippen molar-refractivity contribution in [2.24, 2.45) is 23.7 Å². The Morgan fingerprint density at radius 3 is 2.16 bits per heavy atom. The van der Waals surface area contributed by atoms with Gasteiger partial charge in [0.2, 0.25) is 11.8 Å². The van der Waals surface area contributed by atoms with Crippen LogP contribution in [-0.2, 0) is 19.1 Å². The number of para-hydroxylation sites is 1. The average Bonchev–Trinajstić information content (AvgIpc) is 3.62. The van der Waals surface area contributed by atoms with Crippen LogP contribution in [0.2, 0.25) is 0 Å². The standard InChI is InChI=1S/C30H24N2O6/c33-25(31-21-11-13-24(14-12-21)38-23-7-2-1-3-8-23)17-37-30(36)20-5-4-6-22(16-20)32-28(34)26-18-9-10-19(15-18)27(26)29(32)35/h1-14,16,18-19,26-27H,15,17H2,(H,31,33)/t18-,19-,26-,27-/m0/s1. The van der Waals surface area contributed by atoms with Crippen molar-refractivity contribution in [1.82, 2.24) is 0 Å². The van der Waals surface area contributed by atoms with Gasteiger partial charge in [0.15, 0.2) is 6.61 Å². The molecule has 2 fully saturated rings. The molecule has 3 aliphatic rings. The molecule has 2 bridgehead atoms. The first-order valence-corrected chi connectivity index (χ1v) is 12.4. The first-order valence-electron chi connectivity index (χ1n) is 12.4. The van der Waals surface area contributed by atoms with Gasteiger partial charge in [0.25, 0.3) is 5.91 Å². The predicted molar refractivity (Wildman–Crippen MR) is 139 cm³/mol. The first-order chi connectivity index (χ1) is 18.5. The van der Waals surface area contributed by atoms with Gasteiger partial charge in [0.1, 0.15) is 11.5 Å². The molecule has 1 saturated carbocycles. The van der Waals surface area contributed by atoms with Gasteiger partial charge in [-0.05, 0) is 72.9 Å². The van der Waals surface area contributed by atoms with Gasteiger partial charge in [-0.25, -0.2) is 9.69 Å². The Labute approximate surface area is 218 Å². The lowest BCUT2D eigenvalue weighted by atomic mass is 9.85. The number of benzene rings is 3. The molecule has 4 atom stereocenters. The third-order valence-electron chi connectivity index (χ3n) is 7.26. The van der Waals surface area contributed by atoms with E-state index in [1.807, 2.05) is 42.5 Å². The highest BCUT2D eigenvalue weighted by Crippen LogP contribution is 2.53. The highest BCUT2D eigenvalue weighted by atomic mass is 16.5. The monoisotopic (exact) mass is 508 g/mol. The molecule has 8 heteroatoms. The van der Waals surface area contributed by atoms with E-state index < -0.39 is 18.5 Å². The molecule has 38 heavy (non-hydrogen) atoms. The van der Waals surface area contributed by atoms with E-state index in [0.29, 0.717) is 22.9 Å². The summed E-state index contributed by atoms with van der Waals surface area (Å²) < 4.78 is 10.9. The number of esters is 1. The zero-order chi connectivity index (χ0) is 26.2. The van der Waals surface area contributed by atoms with Gasteiger partial charge < -0.3 is 14.8 Å². The number of carbonyl (C=O) groups is 4. The summed E-state index contributed by atoms with van der Waals surface area (Å²) in [4.78, 5) is 52.3. The van der Waals surface area contributed by atoms with E-state index in [9.17, 15) is 19.2 Å². The van der Waals surface area contributed by atoms with Crippen LogP contribution in [0, 0.1) is 23.7 Å². The molecular formula is C30H24N2O6. The number of allylic oxidation sites excluding steroid dienone is 2. The van der Waals surface area contributed by atoms with Crippen LogP contribution in [0.4, 0.5) is 11.4 Å². The molecule has 6 rings (SSSR count). The van der Waals surface area contributed by atoms with Crippen molar-refractivity contribution < 1.29 is 28.7 Å². The van der Waals surface area contributed by atoms with E-state index in [2.05, 4.69) is 5.32 Å². The van der Waals surface area contributed by atoms with Crippen molar-refractivity contribution in [3.05, 3.63) is 96.6 Å². The van der Waals surface area contributed by atoms with Gasteiger partial charge in [0.05, 0.1) is 23.1 Å². The van der Waals surface area contributed by atoms with Crippen molar-refractivity contribution in [1.29, 1.82) is 0 Å². The highest BCUT2D eigenvalue weighted by molar-refractivity contribution is 6.23. The second kappa shape index (κ2) is 9.63. The average molecular weight is 509 g/mol. The molecule has 3 aromatic rings. The molecule has 1 N–H and O–H groups in total. The first kappa shape index (κ1) is 23.7. The summed E-state index contributed by atoms with van der Waals surface area (Å²) in [6, 6.07) is 22.3. The smallest absolute Gasteiger partial charge is 0.338 e. The quantitative estimate of drug-likeness (QED) is 0.285. The number of fused-ring (bicyclic) bond motifs is 5. The fourth-order valence-corrected chi connectivity index (χ4v) is 5.57. The number of carbonyl (C=O) groups excluding carboxylic acids is 4. The molecule has 0 unspecified atom stereocenters. The molecule has 3 amide bonds. The minimum atomic E-state index is -0.727. The molecule has 2 aliphatic carbocycles. The predicted octanol–water partition coefficient (Wildman–Crippen LogP) is 4.59. The van der Waals surface area contributed by atoms with E-state index in [4.69, 9.17) is 9.47 Å². The van der Waals surface area contributed by atoms with Crippen LogP contribution >= 0.6 is 0 Å². The van der Waals surface area contributed by atoms with Crippen LogP contribution < -0.4 is 15.0 Å². The van der Waals surface area contributed by atoms with Gasteiger partial charge >= 0.3 is 5.97 Å². The lowest BCUT2D eigenvalue weighted by Gasteiger charge is -2.18. The summed E-state index contributed by atoms with van der Waals surface area (Å²) in [6.45, 7) is -0.494. The van der Waals surface area contributed by atoms with Crippen molar-refractivity contribution in [2.75, 3.05) is 16.8 Å². The van der Waals surface area contributed by atoms with Crippen molar-refractivity contribution in [3.8, 4) is 11.5 Å². The maximum atomic E-state index is 13.1. The van der Waals surface area contributed by atoms with Crippen LogP contribution in [0.25, 0.3) is 0 Å². The summed E-state index contributed by atoms with van der Waals surface area (Å²) in [5.74, 6) is -0.804. The van der Waals surface area contributed by atoms with E-state index >= 15 is 0 Å². The third kappa shape index (κ3) is 4.34. The molecule has 0 spiro atoms. The summed E-state index contributed by atoms with van der Waals surface area (Å²) in [5, 5.41) is 2.67. The molecule has 0 radical (unpaired) electrons. The van der Waals surface area contributed by atoms with E-state index in [1.54, 1.807) is 36.4 Å². The number of rotatable bonds is 7. The second-order valence-electron chi connectivity index (χ2n) is 9.63. The molecule has 0 aromatic heterocycles. The fourth-order valence-electron chi connectivity index (χ4n) is 5.57. The van der Waals surface area contributed by atoms with Gasteiger partial charge in [0, 0.05) is 5.69 Å². The second-order valence-corrected chi connectivity index (χ2v) is 9.63. The Morgan fingerprint density at radius 2 is 1.47 bits per heavy atom. The maximum absolute atomic E-state index is 13.1. The largest absolute Gasteiger partial charge is 0.457 e. The van der Waals surface area contributed by atoms with Crippen molar-refractivity contribution in [3.63, 3.8) is 0 Å². The Kier molecular flexibility index (Phi) is 5.99. The van der Waals surface area contributed by atoms with Gasteiger partial charge in [-0.15, -0.1) is 0 Å². The number of hydrogen-bond acceptors (Lipinski definition) is 6. The maximum Gasteiger partial charge on any atom is 0.338 e. The molecule has 3 aromatic carbocycles. The van der Waals surface area contributed by atoms with Crippen LogP contribution in [0.5, 0.6) is 11.5 Å². The number of anilines is 2. The summed E-state index contributed by atoms with van der Waals surface area (Å²) in [6.07, 6.45) is 4.92. The van der Waals surface area contributed by atoms with Crippen molar-refractivity contribution in [2.45, 2.75) is 6.42 Å².